The lowest BCUT2D eigenvalue weighted by Gasteiger charge is -2.01. The van der Waals surface area contributed by atoms with E-state index in [-0.39, 0.29) is 0 Å². The molecule has 2 aromatic heterocycles. The molecule has 2 aromatic carbocycles. The van der Waals surface area contributed by atoms with Crippen molar-refractivity contribution in [2.75, 3.05) is 0 Å². The monoisotopic (exact) mass is 320 g/mol. The van der Waals surface area contributed by atoms with Crippen LogP contribution in [-0.4, -0.2) is 0 Å². The van der Waals surface area contributed by atoms with Crippen molar-refractivity contribution in [1.29, 1.82) is 0 Å². The number of hydrogen-bond acceptors (Lipinski definition) is 2. The standard InChI is InChI=1S/C14H10S2.C6H6/c1-2-5-11(6-3-1)12-8-10-16-14(12)13-7-4-9-15-13;1-2-4-6-5-3-1/h1-10H;1-6H. The molecule has 0 spiro atoms. The maximum Gasteiger partial charge on any atom is 0.0520 e. The molecule has 0 N–H and O–H groups in total. The number of rotatable bonds is 2. The van der Waals surface area contributed by atoms with Gasteiger partial charge in [-0.3, -0.25) is 0 Å². The Morgan fingerprint density at radius 2 is 1.14 bits per heavy atom. The quantitative estimate of drug-likeness (QED) is 0.380. The lowest BCUT2D eigenvalue weighted by Crippen LogP contribution is -1.75. The van der Waals surface area contributed by atoms with E-state index in [0.29, 0.717) is 0 Å². The molecule has 0 fully saturated rings. The Balaban J connectivity index is 0.000000202. The van der Waals surface area contributed by atoms with Crippen LogP contribution in [0, 0.1) is 0 Å². The minimum Gasteiger partial charge on any atom is -0.143 e. The highest BCUT2D eigenvalue weighted by Crippen LogP contribution is 2.38. The molecule has 0 unspecified atom stereocenters. The first kappa shape index (κ1) is 14.8. The summed E-state index contributed by atoms with van der Waals surface area (Å²) in [4.78, 5) is 2.73. The molecular weight excluding hydrogens is 304 g/mol. The maximum atomic E-state index is 2.20. The summed E-state index contributed by atoms with van der Waals surface area (Å²) in [5.41, 5.74) is 2.64. The Morgan fingerprint density at radius 1 is 0.500 bits per heavy atom. The van der Waals surface area contributed by atoms with Crippen molar-refractivity contribution in [2.45, 2.75) is 0 Å². The van der Waals surface area contributed by atoms with E-state index in [4.69, 9.17) is 0 Å². The van der Waals surface area contributed by atoms with Crippen LogP contribution in [0.2, 0.25) is 0 Å². The molecule has 0 aliphatic heterocycles. The van der Waals surface area contributed by atoms with Crippen LogP contribution >= 0.6 is 22.7 Å². The van der Waals surface area contributed by atoms with Crippen molar-refractivity contribution in [3.63, 3.8) is 0 Å². The van der Waals surface area contributed by atoms with Crippen LogP contribution in [0.5, 0.6) is 0 Å². The average Bonchev–Trinajstić information content (AvgIpc) is 3.29. The van der Waals surface area contributed by atoms with E-state index in [1.54, 1.807) is 11.3 Å². The van der Waals surface area contributed by atoms with Crippen molar-refractivity contribution >= 4 is 22.7 Å². The Kier molecular flexibility index (Phi) is 5.19. The van der Waals surface area contributed by atoms with Gasteiger partial charge in [0.15, 0.2) is 0 Å². The molecule has 2 heterocycles. The smallest absolute Gasteiger partial charge is 0.0520 e. The summed E-state index contributed by atoms with van der Waals surface area (Å²) < 4.78 is 0. The van der Waals surface area contributed by atoms with Crippen LogP contribution in [0.1, 0.15) is 0 Å². The fraction of sp³-hybridized carbons (Fsp3) is 0. The molecule has 0 bridgehead atoms. The molecule has 0 radical (unpaired) electrons. The second-order valence-electron chi connectivity index (χ2n) is 4.66. The van der Waals surface area contributed by atoms with Gasteiger partial charge in [-0.1, -0.05) is 72.8 Å². The summed E-state index contributed by atoms with van der Waals surface area (Å²) in [5.74, 6) is 0. The molecule has 0 atom stereocenters. The van der Waals surface area contributed by atoms with E-state index >= 15 is 0 Å². The second-order valence-corrected chi connectivity index (χ2v) is 6.53. The van der Waals surface area contributed by atoms with E-state index in [1.165, 1.54) is 20.9 Å². The third kappa shape index (κ3) is 3.73. The van der Waals surface area contributed by atoms with E-state index in [9.17, 15) is 0 Å². The lowest BCUT2D eigenvalue weighted by molar-refractivity contribution is 1.68. The summed E-state index contributed by atoms with van der Waals surface area (Å²) in [6.45, 7) is 0. The zero-order chi connectivity index (χ0) is 15.0. The molecule has 0 aliphatic carbocycles. The molecule has 0 nitrogen and oxygen atoms in total. The van der Waals surface area contributed by atoms with Crippen molar-refractivity contribution in [3.05, 3.63) is 95.7 Å². The first-order valence-electron chi connectivity index (χ1n) is 7.12. The first-order valence-corrected chi connectivity index (χ1v) is 8.88. The van der Waals surface area contributed by atoms with Gasteiger partial charge in [-0.05, 0) is 28.5 Å². The molecular formula is C20H16S2. The molecule has 0 saturated heterocycles. The molecule has 22 heavy (non-hydrogen) atoms. The van der Waals surface area contributed by atoms with Gasteiger partial charge in [0.1, 0.15) is 0 Å². The van der Waals surface area contributed by atoms with Crippen molar-refractivity contribution in [2.24, 2.45) is 0 Å². The van der Waals surface area contributed by atoms with E-state index in [0.717, 1.165) is 0 Å². The van der Waals surface area contributed by atoms with Gasteiger partial charge < -0.3 is 0 Å². The second kappa shape index (κ2) is 7.74. The van der Waals surface area contributed by atoms with E-state index in [2.05, 4.69) is 59.3 Å². The highest BCUT2D eigenvalue weighted by atomic mass is 32.1. The van der Waals surface area contributed by atoms with Gasteiger partial charge >= 0.3 is 0 Å². The number of benzene rings is 2. The molecule has 2 heteroatoms. The summed E-state index contributed by atoms with van der Waals surface area (Å²) in [5, 5.41) is 4.29. The third-order valence-electron chi connectivity index (χ3n) is 3.16. The van der Waals surface area contributed by atoms with Gasteiger partial charge in [-0.15, -0.1) is 22.7 Å². The Morgan fingerprint density at radius 3 is 1.73 bits per heavy atom. The normalized spacial score (nSPS) is 9.82. The SMILES string of the molecule is c1ccc(-c2ccsc2-c2cccs2)cc1.c1ccccc1. The topological polar surface area (TPSA) is 0 Å². The van der Waals surface area contributed by atoms with Gasteiger partial charge in [0, 0.05) is 10.4 Å². The summed E-state index contributed by atoms with van der Waals surface area (Å²) in [6.07, 6.45) is 0. The van der Waals surface area contributed by atoms with Gasteiger partial charge in [-0.2, -0.15) is 0 Å². The predicted octanol–water partition coefficient (Wildman–Crippen LogP) is 6.83. The largest absolute Gasteiger partial charge is 0.143 e. The Bertz CT molecular complexity index is 742. The van der Waals surface area contributed by atoms with Crippen molar-refractivity contribution in [3.8, 4) is 20.9 Å². The van der Waals surface area contributed by atoms with E-state index < -0.39 is 0 Å². The van der Waals surface area contributed by atoms with Crippen LogP contribution in [0.25, 0.3) is 20.9 Å². The zero-order valence-electron chi connectivity index (χ0n) is 12.1. The number of hydrogen-bond donors (Lipinski definition) is 0. The van der Waals surface area contributed by atoms with Gasteiger partial charge in [0.05, 0.1) is 4.88 Å². The van der Waals surface area contributed by atoms with Crippen LogP contribution in [0.3, 0.4) is 0 Å². The summed E-state index contributed by atoms with van der Waals surface area (Å²) in [7, 11) is 0. The molecule has 0 amide bonds. The van der Waals surface area contributed by atoms with Crippen LogP contribution < -0.4 is 0 Å². The highest BCUT2D eigenvalue weighted by Gasteiger charge is 2.08. The van der Waals surface area contributed by atoms with Crippen molar-refractivity contribution in [1.82, 2.24) is 0 Å². The number of thiophene rings is 2. The average molecular weight is 320 g/mol. The van der Waals surface area contributed by atoms with Crippen LogP contribution in [-0.2, 0) is 0 Å². The molecule has 4 rings (SSSR count). The van der Waals surface area contributed by atoms with Gasteiger partial charge in [-0.25, -0.2) is 0 Å². The van der Waals surface area contributed by atoms with Crippen molar-refractivity contribution < 1.29 is 0 Å². The lowest BCUT2D eigenvalue weighted by atomic mass is 10.1. The highest BCUT2D eigenvalue weighted by molar-refractivity contribution is 7.20. The summed E-state index contributed by atoms with van der Waals surface area (Å²) >= 11 is 3.61. The Labute approximate surface area is 139 Å². The maximum absolute atomic E-state index is 2.20. The summed E-state index contributed by atoms with van der Waals surface area (Å²) in [6, 6.07) is 29.1. The fourth-order valence-corrected chi connectivity index (χ4v) is 3.94. The minimum absolute atomic E-state index is 1.30. The molecule has 0 saturated carbocycles. The minimum atomic E-state index is 1.30. The molecule has 0 aliphatic rings. The van der Waals surface area contributed by atoms with Crippen LogP contribution in [0.15, 0.2) is 95.7 Å². The zero-order valence-corrected chi connectivity index (χ0v) is 13.7. The van der Waals surface area contributed by atoms with Gasteiger partial charge in [0.25, 0.3) is 0 Å². The molecule has 108 valence electrons. The fourth-order valence-electron chi connectivity index (χ4n) is 2.14. The predicted molar refractivity (Wildman–Crippen MR) is 99.5 cm³/mol. The van der Waals surface area contributed by atoms with E-state index in [1.807, 2.05) is 47.7 Å². The van der Waals surface area contributed by atoms with Gasteiger partial charge in [0.2, 0.25) is 0 Å². The third-order valence-corrected chi connectivity index (χ3v) is 5.13. The van der Waals surface area contributed by atoms with Crippen LogP contribution in [0.4, 0.5) is 0 Å². The molecule has 4 aromatic rings. The Hall–Kier alpha value is -2.16. The first-order chi connectivity index (χ1) is 10.9.